The number of carbonyl (C=O) groups is 1. The summed E-state index contributed by atoms with van der Waals surface area (Å²) in [5.74, 6) is -0.0119. The van der Waals surface area contributed by atoms with E-state index < -0.39 is 23.0 Å². The molecule has 0 unspecified atom stereocenters. The molecule has 1 aromatic heterocycles. The van der Waals surface area contributed by atoms with Gasteiger partial charge in [-0.05, 0) is 24.6 Å². The van der Waals surface area contributed by atoms with E-state index in [1.54, 1.807) is 6.92 Å². The molecule has 0 saturated carbocycles. The Morgan fingerprint density at radius 2 is 2.35 bits per heavy atom. The lowest BCUT2D eigenvalue weighted by Gasteiger charge is -2.01. The first-order chi connectivity index (χ1) is 10.6. The Bertz CT molecular complexity index is 830. The van der Waals surface area contributed by atoms with E-state index in [1.165, 1.54) is 18.2 Å². The van der Waals surface area contributed by atoms with E-state index in [0.717, 1.165) is 0 Å². The maximum absolute atomic E-state index is 12.0. The lowest BCUT2D eigenvalue weighted by atomic mass is 10.3. The number of hydrogen-bond donors (Lipinski definition) is 2. The molecule has 2 aromatic rings. The van der Waals surface area contributed by atoms with Crippen molar-refractivity contribution >= 4 is 32.9 Å². The number of nitrogens with zero attached hydrogens (tertiary/aromatic N) is 1. The lowest BCUT2D eigenvalue weighted by molar-refractivity contribution is 0.186. The molecule has 0 saturated heterocycles. The van der Waals surface area contributed by atoms with Gasteiger partial charge in [0, 0.05) is 0 Å². The van der Waals surface area contributed by atoms with E-state index in [9.17, 15) is 13.2 Å². The highest BCUT2D eigenvalue weighted by atomic mass is 32.2. The van der Waals surface area contributed by atoms with Gasteiger partial charge >= 0.3 is 6.09 Å². The summed E-state index contributed by atoms with van der Waals surface area (Å²) in [6, 6.07) is 4.33. The smallest absolute Gasteiger partial charge is 0.413 e. The fourth-order valence-corrected chi connectivity index (χ4v) is 3.10. The van der Waals surface area contributed by atoms with Crippen molar-refractivity contribution in [2.75, 3.05) is 18.1 Å². The number of benzene rings is 1. The molecule has 2 N–H and O–H groups in total. The topological polar surface area (TPSA) is 101 Å². The van der Waals surface area contributed by atoms with Crippen molar-refractivity contribution in [3.8, 4) is 0 Å². The number of ether oxygens (including phenoxy) is 1. The number of anilines is 1. The summed E-state index contributed by atoms with van der Waals surface area (Å²) in [5.41, 5.74) is 0.816. The molecule has 7 nitrogen and oxygen atoms in total. The first-order valence-electron chi connectivity index (χ1n) is 7.33. The van der Waals surface area contributed by atoms with Crippen molar-refractivity contribution in [2.24, 2.45) is 0 Å². The van der Waals surface area contributed by atoms with E-state index >= 15 is 0 Å². The van der Waals surface area contributed by atoms with E-state index in [0.29, 0.717) is 17.5 Å². The van der Waals surface area contributed by atoms with Gasteiger partial charge in [0.1, 0.15) is 0 Å². The minimum Gasteiger partial charge on any atom is -0.453 e. The molecule has 2 rings (SSSR count). The largest absolute Gasteiger partial charge is 0.453 e. The molecule has 0 spiro atoms. The van der Waals surface area contributed by atoms with Gasteiger partial charge in [-0.1, -0.05) is 6.92 Å². The first-order valence-corrected chi connectivity index (χ1v) is 7.48. The Morgan fingerprint density at radius 1 is 1.55 bits per heavy atom. The van der Waals surface area contributed by atoms with Crippen molar-refractivity contribution in [1.82, 2.24) is 9.97 Å². The summed E-state index contributed by atoms with van der Waals surface area (Å²) in [6.07, 6.45) is -0.695. The number of hydrogen-bond acceptors (Lipinski definition) is 5. The zero-order valence-corrected chi connectivity index (χ0v) is 11.5. The summed E-state index contributed by atoms with van der Waals surface area (Å²) in [7, 11) is -6.24. The van der Waals surface area contributed by atoms with Crippen LogP contribution in [0, 0.1) is 0 Å². The molecule has 0 aliphatic heterocycles. The van der Waals surface area contributed by atoms with Gasteiger partial charge in [0.05, 0.1) is 32.8 Å². The summed E-state index contributed by atoms with van der Waals surface area (Å²) >= 11 is 0. The van der Waals surface area contributed by atoms with Crippen LogP contribution >= 0.6 is 0 Å². The van der Waals surface area contributed by atoms with Crippen LogP contribution in [0.3, 0.4) is 0 Å². The van der Waals surface area contributed by atoms with Crippen LogP contribution in [0.15, 0.2) is 23.1 Å². The number of nitrogens with one attached hydrogen (secondary N) is 2. The monoisotopic (exact) mass is 300 g/mol. The average Bonchev–Trinajstić information content (AvgIpc) is 2.76. The second-order valence-electron chi connectivity index (χ2n) is 4.10. The molecule has 0 radical (unpaired) electrons. The Morgan fingerprint density at radius 3 is 3.05 bits per heavy atom. The molecule has 0 bridgehead atoms. The molecule has 1 amide bonds. The highest BCUT2D eigenvalue weighted by molar-refractivity contribution is 7.91. The molecule has 0 atom stereocenters. The number of sulfone groups is 1. The predicted molar refractivity (Wildman–Crippen MR) is 74.5 cm³/mol. The third-order valence-electron chi connectivity index (χ3n) is 2.60. The molecule has 1 heterocycles. The van der Waals surface area contributed by atoms with Gasteiger partial charge in [-0.25, -0.2) is 18.2 Å². The molecule has 108 valence electrons. The van der Waals surface area contributed by atoms with E-state index in [1.807, 2.05) is 0 Å². The van der Waals surface area contributed by atoms with Crippen LogP contribution in [0.5, 0.6) is 0 Å². The van der Waals surface area contributed by atoms with Crippen molar-refractivity contribution in [2.45, 2.75) is 18.2 Å². The molecule has 8 heteroatoms. The summed E-state index contributed by atoms with van der Waals surface area (Å²) in [5, 5.41) is 2.13. The molecule has 20 heavy (non-hydrogen) atoms. The van der Waals surface area contributed by atoms with Crippen molar-refractivity contribution in [1.29, 1.82) is 0 Å². The van der Waals surface area contributed by atoms with Gasteiger partial charge in [-0.3, -0.25) is 5.32 Å². The van der Waals surface area contributed by atoms with Gasteiger partial charge in [-0.2, -0.15) is 0 Å². The number of rotatable bonds is 4. The molecule has 0 aliphatic rings. The Labute approximate surface area is 120 Å². The maximum Gasteiger partial charge on any atom is 0.413 e. The number of H-pyrrole nitrogens is 1. The number of aromatic amines is 1. The third-order valence-corrected chi connectivity index (χ3v) is 4.52. The van der Waals surface area contributed by atoms with Gasteiger partial charge in [-0.15, -0.1) is 0 Å². The van der Waals surface area contributed by atoms with Crippen LogP contribution in [0.4, 0.5) is 10.7 Å². The fraction of sp³-hybridized carbons (Fsp3) is 0.333. The highest BCUT2D eigenvalue weighted by Gasteiger charge is 2.15. The molecular formula is C12H15N3O4S. The van der Waals surface area contributed by atoms with Crippen LogP contribution in [0.25, 0.3) is 11.0 Å². The van der Waals surface area contributed by atoms with Crippen molar-refractivity contribution < 1.29 is 22.1 Å². The van der Waals surface area contributed by atoms with Crippen LogP contribution in [0.1, 0.15) is 17.5 Å². The number of aromatic nitrogens is 2. The highest BCUT2D eigenvalue weighted by Crippen LogP contribution is 2.20. The second-order valence-corrected chi connectivity index (χ2v) is 6.21. The number of imidazole rings is 1. The number of carbonyl (C=O) groups excluding carboxylic acids is 1. The zero-order chi connectivity index (χ0) is 17.3. The number of fused-ring (bicyclic) bond motifs is 1. The van der Waals surface area contributed by atoms with Gasteiger partial charge < -0.3 is 9.72 Å². The summed E-state index contributed by atoms with van der Waals surface area (Å²) < 4.78 is 48.7. The van der Waals surface area contributed by atoms with E-state index in [-0.39, 0.29) is 16.6 Å². The Balaban J connectivity index is 2.25. The lowest BCUT2D eigenvalue weighted by Crippen LogP contribution is -2.11. The molecular weight excluding hydrogens is 282 g/mol. The number of methoxy groups -OCH3 is 1. The predicted octanol–water partition coefficient (Wildman–Crippen LogP) is 1.92. The second kappa shape index (κ2) is 5.49. The SMILES string of the molecule is [2H]C([2H])([2H])OC(=O)Nc1nc2ccc(S(=O)(=O)CCC)cc2[nH]1. The third kappa shape index (κ3) is 2.90. The summed E-state index contributed by atoms with van der Waals surface area (Å²) in [4.78, 5) is 18.2. The van der Waals surface area contributed by atoms with Gasteiger partial charge in [0.25, 0.3) is 0 Å². The molecule has 0 fully saturated rings. The first kappa shape index (κ1) is 10.7. The van der Waals surface area contributed by atoms with Crippen molar-refractivity contribution in [3.05, 3.63) is 18.2 Å². The quantitative estimate of drug-likeness (QED) is 0.898. The average molecular weight is 300 g/mol. The van der Waals surface area contributed by atoms with E-state index in [4.69, 9.17) is 4.11 Å². The zero-order valence-electron chi connectivity index (χ0n) is 13.6. The van der Waals surface area contributed by atoms with Crippen LogP contribution in [0.2, 0.25) is 0 Å². The Hall–Kier alpha value is -2.09. The van der Waals surface area contributed by atoms with Gasteiger partial charge in [0.2, 0.25) is 5.95 Å². The van der Waals surface area contributed by atoms with Gasteiger partial charge in [0.15, 0.2) is 9.84 Å². The fourth-order valence-electron chi connectivity index (χ4n) is 1.75. The Kier molecular flexibility index (Phi) is 2.93. The number of amides is 1. The molecule has 0 aliphatic carbocycles. The van der Waals surface area contributed by atoms with Crippen LogP contribution < -0.4 is 5.32 Å². The minimum absolute atomic E-state index is 0.0304. The van der Waals surface area contributed by atoms with Crippen molar-refractivity contribution in [3.63, 3.8) is 0 Å². The standard InChI is InChI=1S/C12H15N3O4S/c1-3-6-20(17,18)8-4-5-9-10(7-8)14-11(13-9)15-12(16)19-2/h4-5,7H,3,6H2,1-2H3,(H2,13,14,15,16)/i2D3. The summed E-state index contributed by atoms with van der Waals surface area (Å²) in [6.45, 7) is 1.77. The maximum atomic E-state index is 12.0. The minimum atomic E-state index is -3.37. The van der Waals surface area contributed by atoms with Crippen LogP contribution in [-0.2, 0) is 14.6 Å². The van der Waals surface area contributed by atoms with E-state index in [2.05, 4.69) is 20.0 Å². The van der Waals surface area contributed by atoms with Crippen LogP contribution in [-0.4, -0.2) is 37.3 Å². The normalized spacial score (nSPS) is 14.3. The molecule has 1 aromatic carbocycles.